The second-order valence-electron chi connectivity index (χ2n) is 7.18. The van der Waals surface area contributed by atoms with E-state index < -0.39 is 5.97 Å². The standard InChI is InChI=1S/C22H19Cl3N4O3/c1-29(2)21-17(11-19(30)31)20(25)27-18(28-21)7-12-3-5-16(6-4-12)26-22(32)13-8-14(23)10-15(24)9-13/h3-6,8-10H,7,11H2,1-2H3,(H,26,32)(H,30,31). The van der Waals surface area contributed by atoms with Gasteiger partial charge >= 0.3 is 5.97 Å². The van der Waals surface area contributed by atoms with E-state index in [1.807, 2.05) is 12.1 Å². The first-order valence-corrected chi connectivity index (χ1v) is 10.6. The number of hydrogen-bond acceptors (Lipinski definition) is 5. The van der Waals surface area contributed by atoms with Crippen LogP contribution >= 0.6 is 34.8 Å². The number of halogens is 3. The Morgan fingerprint density at radius 1 is 1.00 bits per heavy atom. The maximum absolute atomic E-state index is 12.4. The molecule has 0 aliphatic carbocycles. The number of nitrogens with zero attached hydrogens (tertiary/aromatic N) is 3. The number of carboxylic acid groups (broad SMARTS) is 1. The molecule has 3 rings (SSSR count). The monoisotopic (exact) mass is 492 g/mol. The number of aromatic nitrogens is 2. The lowest BCUT2D eigenvalue weighted by atomic mass is 10.1. The molecule has 0 aliphatic heterocycles. The van der Waals surface area contributed by atoms with Gasteiger partial charge in [0.2, 0.25) is 0 Å². The van der Waals surface area contributed by atoms with E-state index in [1.165, 1.54) is 12.1 Å². The van der Waals surface area contributed by atoms with E-state index in [4.69, 9.17) is 39.9 Å². The van der Waals surface area contributed by atoms with E-state index in [9.17, 15) is 9.59 Å². The van der Waals surface area contributed by atoms with Gasteiger partial charge < -0.3 is 15.3 Å². The van der Waals surface area contributed by atoms with Gasteiger partial charge in [0.1, 0.15) is 16.8 Å². The molecule has 7 nitrogen and oxygen atoms in total. The van der Waals surface area contributed by atoms with E-state index in [-0.39, 0.29) is 17.5 Å². The molecule has 3 aromatic rings. The van der Waals surface area contributed by atoms with Gasteiger partial charge in [-0.3, -0.25) is 9.59 Å². The molecule has 166 valence electrons. The van der Waals surface area contributed by atoms with Crippen LogP contribution in [0.4, 0.5) is 11.5 Å². The van der Waals surface area contributed by atoms with Crippen molar-refractivity contribution in [1.82, 2.24) is 9.97 Å². The van der Waals surface area contributed by atoms with Gasteiger partial charge in [-0.25, -0.2) is 9.97 Å². The molecule has 2 aromatic carbocycles. The molecule has 32 heavy (non-hydrogen) atoms. The van der Waals surface area contributed by atoms with Crippen molar-refractivity contribution in [3.8, 4) is 0 Å². The Balaban J connectivity index is 1.75. The SMILES string of the molecule is CN(C)c1nc(Cc2ccc(NC(=O)c3cc(Cl)cc(Cl)c3)cc2)nc(Cl)c1CC(=O)O. The molecule has 1 heterocycles. The summed E-state index contributed by atoms with van der Waals surface area (Å²) < 4.78 is 0. The third-order valence-corrected chi connectivity index (χ3v) is 5.18. The van der Waals surface area contributed by atoms with Crippen molar-refractivity contribution in [1.29, 1.82) is 0 Å². The summed E-state index contributed by atoms with van der Waals surface area (Å²) in [5.74, 6) is -0.421. The molecule has 2 N–H and O–H groups in total. The largest absolute Gasteiger partial charge is 0.481 e. The molecule has 0 bridgehead atoms. The summed E-state index contributed by atoms with van der Waals surface area (Å²) in [6, 6.07) is 11.8. The van der Waals surface area contributed by atoms with Crippen LogP contribution in [0.15, 0.2) is 42.5 Å². The van der Waals surface area contributed by atoms with Crippen LogP contribution in [-0.2, 0) is 17.6 Å². The zero-order valence-electron chi connectivity index (χ0n) is 17.2. The molecule has 0 fully saturated rings. The number of carbonyl (C=O) groups excluding carboxylic acids is 1. The van der Waals surface area contributed by atoms with Crippen LogP contribution in [0.1, 0.15) is 27.3 Å². The third kappa shape index (κ3) is 6.09. The molecule has 0 saturated carbocycles. The fraction of sp³-hybridized carbons (Fsp3) is 0.182. The Hall–Kier alpha value is -2.87. The van der Waals surface area contributed by atoms with E-state index in [0.29, 0.717) is 44.9 Å². The maximum atomic E-state index is 12.4. The summed E-state index contributed by atoms with van der Waals surface area (Å²) in [5, 5.41) is 12.8. The summed E-state index contributed by atoms with van der Waals surface area (Å²) in [5.41, 5.74) is 2.21. The number of anilines is 2. The number of hydrogen-bond donors (Lipinski definition) is 2. The first kappa shape index (κ1) is 23.8. The fourth-order valence-corrected chi connectivity index (χ4v) is 3.79. The van der Waals surface area contributed by atoms with Crippen molar-refractivity contribution in [2.24, 2.45) is 0 Å². The third-order valence-electron chi connectivity index (χ3n) is 4.43. The summed E-state index contributed by atoms with van der Waals surface area (Å²) in [4.78, 5) is 34.0. The number of carbonyl (C=O) groups is 2. The number of aliphatic carboxylic acids is 1. The first-order chi connectivity index (χ1) is 15.1. The molecule has 0 unspecified atom stereocenters. The molecule has 1 aromatic heterocycles. The van der Waals surface area contributed by atoms with E-state index in [2.05, 4.69) is 15.3 Å². The van der Waals surface area contributed by atoms with Gasteiger partial charge in [0.25, 0.3) is 5.91 Å². The van der Waals surface area contributed by atoms with Crippen molar-refractivity contribution < 1.29 is 14.7 Å². The average molecular weight is 494 g/mol. The molecule has 10 heteroatoms. The first-order valence-electron chi connectivity index (χ1n) is 9.43. The van der Waals surface area contributed by atoms with E-state index in [1.54, 1.807) is 37.2 Å². The molecule has 0 radical (unpaired) electrons. The highest BCUT2D eigenvalue weighted by Gasteiger charge is 2.18. The zero-order valence-corrected chi connectivity index (χ0v) is 19.5. The Kier molecular flexibility index (Phi) is 7.56. The average Bonchev–Trinajstić information content (AvgIpc) is 2.70. The molecule has 0 saturated heterocycles. The predicted octanol–water partition coefficient (Wildman–Crippen LogP) is 4.97. The Bertz CT molecular complexity index is 1150. The van der Waals surface area contributed by atoms with Gasteiger partial charge in [0.15, 0.2) is 0 Å². The van der Waals surface area contributed by atoms with E-state index in [0.717, 1.165) is 5.56 Å². The Morgan fingerprint density at radius 3 is 2.19 bits per heavy atom. The number of benzene rings is 2. The van der Waals surface area contributed by atoms with Gasteiger partial charge in [-0.1, -0.05) is 46.9 Å². The van der Waals surface area contributed by atoms with Crippen LogP contribution in [0.3, 0.4) is 0 Å². The van der Waals surface area contributed by atoms with Gasteiger partial charge in [0.05, 0.1) is 6.42 Å². The van der Waals surface area contributed by atoms with E-state index >= 15 is 0 Å². The second-order valence-corrected chi connectivity index (χ2v) is 8.41. The summed E-state index contributed by atoms with van der Waals surface area (Å²) in [6.07, 6.45) is 0.116. The van der Waals surface area contributed by atoms with Gasteiger partial charge in [-0.15, -0.1) is 0 Å². The van der Waals surface area contributed by atoms with Crippen molar-refractivity contribution in [2.75, 3.05) is 24.3 Å². The topological polar surface area (TPSA) is 95.4 Å². The van der Waals surface area contributed by atoms with Crippen molar-refractivity contribution >= 4 is 58.2 Å². The number of amides is 1. The lowest BCUT2D eigenvalue weighted by Gasteiger charge is -2.17. The Morgan fingerprint density at radius 2 is 1.62 bits per heavy atom. The van der Waals surface area contributed by atoms with Crippen molar-refractivity contribution in [3.63, 3.8) is 0 Å². The van der Waals surface area contributed by atoms with Gasteiger partial charge in [-0.2, -0.15) is 0 Å². The molecule has 0 spiro atoms. The van der Waals surface area contributed by atoms with Gasteiger partial charge in [-0.05, 0) is 35.9 Å². The molecule has 0 aliphatic rings. The second kappa shape index (κ2) is 10.2. The van der Waals surface area contributed by atoms with Crippen molar-refractivity contribution in [2.45, 2.75) is 12.8 Å². The minimum atomic E-state index is -1.01. The van der Waals surface area contributed by atoms with Crippen LogP contribution in [-0.4, -0.2) is 41.0 Å². The van der Waals surface area contributed by atoms with Crippen molar-refractivity contribution in [3.05, 3.63) is 80.2 Å². The fourth-order valence-electron chi connectivity index (χ4n) is 3.02. The molecular formula is C22H19Cl3N4O3. The van der Waals surface area contributed by atoms with Crippen LogP contribution in [0, 0.1) is 0 Å². The highest BCUT2D eigenvalue weighted by atomic mass is 35.5. The smallest absolute Gasteiger partial charge is 0.308 e. The predicted molar refractivity (Wildman–Crippen MR) is 126 cm³/mol. The van der Waals surface area contributed by atoms with Gasteiger partial charge in [0, 0.05) is 47.4 Å². The molecular weight excluding hydrogens is 475 g/mol. The number of rotatable bonds is 7. The summed E-state index contributed by atoms with van der Waals surface area (Å²) in [7, 11) is 3.52. The minimum Gasteiger partial charge on any atom is -0.481 e. The lowest BCUT2D eigenvalue weighted by molar-refractivity contribution is -0.136. The quantitative estimate of drug-likeness (QED) is 0.451. The Labute approximate surface area is 200 Å². The van der Waals surface area contributed by atoms with Crippen LogP contribution in [0.2, 0.25) is 15.2 Å². The zero-order chi connectivity index (χ0) is 23.4. The number of nitrogens with one attached hydrogen (secondary N) is 1. The highest BCUT2D eigenvalue weighted by molar-refractivity contribution is 6.35. The number of carboxylic acids is 1. The highest BCUT2D eigenvalue weighted by Crippen LogP contribution is 2.25. The minimum absolute atomic E-state index is 0.116. The summed E-state index contributed by atoms with van der Waals surface area (Å²) in [6.45, 7) is 0. The maximum Gasteiger partial charge on any atom is 0.308 e. The van der Waals surface area contributed by atoms with Crippen LogP contribution < -0.4 is 10.2 Å². The molecule has 1 amide bonds. The lowest BCUT2D eigenvalue weighted by Crippen LogP contribution is -2.18. The van der Waals surface area contributed by atoms with Crippen LogP contribution in [0.5, 0.6) is 0 Å². The normalized spacial score (nSPS) is 10.7. The van der Waals surface area contributed by atoms with Crippen LogP contribution in [0.25, 0.3) is 0 Å². The molecule has 0 atom stereocenters. The summed E-state index contributed by atoms with van der Waals surface area (Å²) >= 11 is 18.2.